The van der Waals surface area contributed by atoms with E-state index in [1.54, 1.807) is 0 Å². The molecule has 1 aliphatic carbocycles. The van der Waals surface area contributed by atoms with Crippen molar-refractivity contribution in [3.63, 3.8) is 0 Å². The van der Waals surface area contributed by atoms with Crippen LogP contribution in [0.15, 0.2) is 24.3 Å². The molecule has 1 aliphatic rings. The van der Waals surface area contributed by atoms with Crippen molar-refractivity contribution in [1.29, 1.82) is 0 Å². The maximum absolute atomic E-state index is 5.74. The van der Waals surface area contributed by atoms with Crippen molar-refractivity contribution in [2.75, 3.05) is 12.4 Å². The zero-order chi connectivity index (χ0) is 13.3. The fourth-order valence-corrected chi connectivity index (χ4v) is 3.74. The molecule has 0 amide bonds. The van der Waals surface area contributed by atoms with E-state index >= 15 is 0 Å². The molecule has 2 rings (SSSR count). The highest BCUT2D eigenvalue weighted by molar-refractivity contribution is 7.99. The molecule has 0 heterocycles. The molecule has 1 aromatic rings. The molecule has 3 heteroatoms. The van der Waals surface area contributed by atoms with Gasteiger partial charge in [0, 0.05) is 11.8 Å². The molecule has 0 bridgehead atoms. The van der Waals surface area contributed by atoms with Gasteiger partial charge < -0.3 is 10.5 Å². The Morgan fingerprint density at radius 3 is 2.53 bits per heavy atom. The van der Waals surface area contributed by atoms with Crippen LogP contribution in [0.1, 0.15) is 44.1 Å². The smallest absolute Gasteiger partial charge is 0.119 e. The van der Waals surface area contributed by atoms with Gasteiger partial charge in [0.05, 0.1) is 6.61 Å². The van der Waals surface area contributed by atoms with Crippen LogP contribution in [0, 0.1) is 0 Å². The lowest BCUT2D eigenvalue weighted by Crippen LogP contribution is -2.09. The van der Waals surface area contributed by atoms with E-state index in [9.17, 15) is 0 Å². The molecular formula is C16H25NOS. The lowest BCUT2D eigenvalue weighted by Gasteiger charge is -2.20. The van der Waals surface area contributed by atoms with Crippen LogP contribution in [0.4, 0.5) is 0 Å². The van der Waals surface area contributed by atoms with Gasteiger partial charge in [0.1, 0.15) is 5.75 Å². The minimum Gasteiger partial charge on any atom is -0.494 e. The monoisotopic (exact) mass is 279 g/mol. The molecule has 0 radical (unpaired) electrons. The number of hydrogen-bond donors (Lipinski definition) is 1. The summed E-state index contributed by atoms with van der Waals surface area (Å²) in [6, 6.07) is 8.09. The molecule has 2 nitrogen and oxygen atoms in total. The molecule has 0 saturated heterocycles. The average molecular weight is 279 g/mol. The first kappa shape index (κ1) is 14.7. The fourth-order valence-electron chi connectivity index (χ4n) is 2.45. The van der Waals surface area contributed by atoms with E-state index in [2.05, 4.69) is 11.8 Å². The first-order valence-corrected chi connectivity index (χ1v) is 8.47. The second-order valence-corrected chi connectivity index (χ2v) is 6.59. The molecule has 1 saturated carbocycles. The van der Waals surface area contributed by atoms with Gasteiger partial charge in [-0.1, -0.05) is 31.4 Å². The zero-order valence-electron chi connectivity index (χ0n) is 11.6. The van der Waals surface area contributed by atoms with Crippen molar-refractivity contribution in [3.8, 4) is 5.75 Å². The van der Waals surface area contributed by atoms with Gasteiger partial charge in [0.2, 0.25) is 0 Å². The average Bonchev–Trinajstić information content (AvgIpc) is 2.49. The van der Waals surface area contributed by atoms with E-state index in [1.165, 1.54) is 37.9 Å². The summed E-state index contributed by atoms with van der Waals surface area (Å²) in [5.74, 6) is 2.19. The van der Waals surface area contributed by atoms with E-state index in [-0.39, 0.29) is 0 Å². The second-order valence-electron chi connectivity index (χ2n) is 5.18. The van der Waals surface area contributed by atoms with Gasteiger partial charge in [-0.15, -0.1) is 0 Å². The van der Waals surface area contributed by atoms with Crippen LogP contribution in [0.5, 0.6) is 5.75 Å². The van der Waals surface area contributed by atoms with Gasteiger partial charge in [-0.25, -0.2) is 0 Å². The van der Waals surface area contributed by atoms with Crippen LogP contribution in [0.3, 0.4) is 0 Å². The van der Waals surface area contributed by atoms with Crippen molar-refractivity contribution < 1.29 is 4.74 Å². The third kappa shape index (κ3) is 5.45. The lowest BCUT2D eigenvalue weighted by atomic mass is 10.0. The molecule has 1 aromatic carbocycles. The molecule has 0 spiro atoms. The van der Waals surface area contributed by atoms with Gasteiger partial charge in [-0.2, -0.15) is 11.8 Å². The van der Waals surface area contributed by atoms with Crippen molar-refractivity contribution >= 4 is 11.8 Å². The first-order valence-electron chi connectivity index (χ1n) is 7.42. The number of nitrogens with two attached hydrogens (primary N) is 1. The number of rotatable bonds is 7. The number of thioether (sulfide) groups is 1. The summed E-state index contributed by atoms with van der Waals surface area (Å²) in [6.45, 7) is 1.42. The predicted molar refractivity (Wildman–Crippen MR) is 83.8 cm³/mol. The van der Waals surface area contributed by atoms with Gasteiger partial charge >= 0.3 is 0 Å². The second kappa shape index (κ2) is 8.49. The molecule has 2 N–H and O–H groups in total. The first-order chi connectivity index (χ1) is 9.38. The van der Waals surface area contributed by atoms with Crippen LogP contribution in [-0.4, -0.2) is 17.6 Å². The lowest BCUT2D eigenvalue weighted by molar-refractivity contribution is 0.318. The van der Waals surface area contributed by atoms with Crippen LogP contribution >= 0.6 is 11.8 Å². The summed E-state index contributed by atoms with van der Waals surface area (Å²) >= 11 is 2.14. The molecule has 0 unspecified atom stereocenters. The van der Waals surface area contributed by atoms with E-state index in [0.29, 0.717) is 6.54 Å². The Morgan fingerprint density at radius 2 is 1.84 bits per heavy atom. The van der Waals surface area contributed by atoms with Crippen LogP contribution in [0.25, 0.3) is 0 Å². The van der Waals surface area contributed by atoms with Gasteiger partial charge in [-0.3, -0.25) is 0 Å². The topological polar surface area (TPSA) is 35.2 Å². The van der Waals surface area contributed by atoms with E-state index in [4.69, 9.17) is 10.5 Å². The Bertz CT molecular complexity index is 346. The van der Waals surface area contributed by atoms with E-state index in [1.807, 2.05) is 24.3 Å². The molecule has 0 atom stereocenters. The van der Waals surface area contributed by atoms with Crippen molar-refractivity contribution in [2.24, 2.45) is 5.73 Å². The summed E-state index contributed by atoms with van der Waals surface area (Å²) in [6.07, 6.45) is 8.29. The summed E-state index contributed by atoms with van der Waals surface area (Å²) in [4.78, 5) is 0. The molecule has 0 aromatic heterocycles. The minimum atomic E-state index is 0.596. The van der Waals surface area contributed by atoms with Crippen LogP contribution in [-0.2, 0) is 6.54 Å². The Labute approximate surface area is 121 Å². The Hall–Kier alpha value is -0.670. The maximum Gasteiger partial charge on any atom is 0.119 e. The minimum absolute atomic E-state index is 0.596. The highest BCUT2D eigenvalue weighted by atomic mass is 32.2. The summed E-state index contributed by atoms with van der Waals surface area (Å²) in [5, 5.41) is 0.914. The van der Waals surface area contributed by atoms with Gasteiger partial charge in [0.25, 0.3) is 0 Å². The zero-order valence-corrected chi connectivity index (χ0v) is 12.5. The summed E-state index contributed by atoms with van der Waals surface area (Å²) in [5.41, 5.74) is 6.72. The quantitative estimate of drug-likeness (QED) is 0.767. The molecule has 0 aliphatic heterocycles. The van der Waals surface area contributed by atoms with Crippen molar-refractivity contribution in [3.05, 3.63) is 29.8 Å². The fraction of sp³-hybridized carbons (Fsp3) is 0.625. The summed E-state index contributed by atoms with van der Waals surface area (Å²) in [7, 11) is 0. The highest BCUT2D eigenvalue weighted by Crippen LogP contribution is 2.28. The van der Waals surface area contributed by atoms with Gasteiger partial charge in [-0.05, 0) is 42.7 Å². The normalized spacial score (nSPS) is 16.5. The number of ether oxygens (including phenoxy) is 1. The van der Waals surface area contributed by atoms with E-state index < -0.39 is 0 Å². The maximum atomic E-state index is 5.74. The molecule has 1 fully saturated rings. The van der Waals surface area contributed by atoms with Gasteiger partial charge in [0.15, 0.2) is 0 Å². The van der Waals surface area contributed by atoms with E-state index in [0.717, 1.165) is 29.6 Å². The Balaban J connectivity index is 1.55. The molecule has 19 heavy (non-hydrogen) atoms. The third-order valence-corrected chi connectivity index (χ3v) is 5.09. The Morgan fingerprint density at radius 1 is 1.11 bits per heavy atom. The SMILES string of the molecule is NCc1ccc(OCCCSC2CCCCC2)cc1. The molecule has 106 valence electrons. The van der Waals surface area contributed by atoms with Crippen molar-refractivity contribution in [1.82, 2.24) is 0 Å². The summed E-state index contributed by atoms with van der Waals surface area (Å²) < 4.78 is 5.74. The number of hydrogen-bond acceptors (Lipinski definition) is 3. The third-order valence-electron chi connectivity index (χ3n) is 3.62. The highest BCUT2D eigenvalue weighted by Gasteiger charge is 2.12. The van der Waals surface area contributed by atoms with Crippen LogP contribution < -0.4 is 10.5 Å². The Kier molecular flexibility index (Phi) is 6.58. The van der Waals surface area contributed by atoms with Crippen molar-refractivity contribution in [2.45, 2.75) is 50.3 Å². The predicted octanol–water partition coefficient (Wildman–Crippen LogP) is 3.98. The number of benzene rings is 1. The largest absolute Gasteiger partial charge is 0.494 e. The van der Waals surface area contributed by atoms with Crippen LogP contribution in [0.2, 0.25) is 0 Å². The molecular weight excluding hydrogens is 254 g/mol. The standard InChI is InChI=1S/C16H25NOS/c17-13-14-7-9-15(10-8-14)18-11-4-12-19-16-5-2-1-3-6-16/h7-10,16H,1-6,11-13,17H2.